The van der Waals surface area contributed by atoms with Crippen molar-refractivity contribution >= 4 is 34.5 Å². The van der Waals surface area contributed by atoms with E-state index in [4.69, 9.17) is 5.11 Å². The van der Waals surface area contributed by atoms with Gasteiger partial charge in [-0.2, -0.15) is 0 Å². The molecule has 1 rings (SSSR count). The molecule has 4 nitrogen and oxygen atoms in total. The number of carbonyl (C=O) groups excluding carboxylic acids is 1. The molecule has 0 unspecified atom stereocenters. The smallest absolute Gasteiger partial charge is 0.305 e. The van der Waals surface area contributed by atoms with Crippen LogP contribution >= 0.6 is 22.6 Å². The summed E-state index contributed by atoms with van der Waals surface area (Å²) in [4.78, 5) is 22.0. The first kappa shape index (κ1) is 13.0. The number of hydrogen-bond donors (Lipinski definition) is 2. The summed E-state index contributed by atoms with van der Waals surface area (Å²) < 4.78 is 0.896. The second-order valence-electron chi connectivity index (χ2n) is 3.34. The molecule has 0 atom stereocenters. The maximum Gasteiger partial charge on any atom is 0.305 e. The number of nitrogens with one attached hydrogen (secondary N) is 1. The second-order valence-corrected chi connectivity index (χ2v) is 4.41. The van der Waals surface area contributed by atoms with Crippen LogP contribution in [0, 0.1) is 10.5 Å². The van der Waals surface area contributed by atoms with E-state index in [0.29, 0.717) is 5.56 Å². The number of amides is 1. The van der Waals surface area contributed by atoms with Crippen LogP contribution in [0.4, 0.5) is 0 Å². The number of carboxylic acids is 1. The van der Waals surface area contributed by atoms with Gasteiger partial charge in [-0.25, -0.2) is 0 Å². The largest absolute Gasteiger partial charge is 0.481 e. The predicted molar refractivity (Wildman–Crippen MR) is 68.5 cm³/mol. The Morgan fingerprint density at radius 1 is 1.44 bits per heavy atom. The summed E-state index contributed by atoms with van der Waals surface area (Å²) in [5.41, 5.74) is 1.62. The molecule has 0 saturated heterocycles. The summed E-state index contributed by atoms with van der Waals surface area (Å²) in [7, 11) is 0. The molecule has 0 radical (unpaired) electrons. The normalized spacial score (nSPS) is 9.88. The van der Waals surface area contributed by atoms with Crippen molar-refractivity contribution in [3.63, 3.8) is 0 Å². The quantitative estimate of drug-likeness (QED) is 0.826. The standard InChI is InChI=1S/C11H12INO3/c1-7-3-2-4-8(10(7)12)11(16)13-6-5-9(14)15/h2-4H,5-6H2,1H3,(H,13,16)(H,14,15). The average Bonchev–Trinajstić information content (AvgIpc) is 2.21. The number of aryl methyl sites for hydroxylation is 1. The molecule has 86 valence electrons. The molecule has 0 aromatic heterocycles. The highest BCUT2D eigenvalue weighted by atomic mass is 127. The highest BCUT2D eigenvalue weighted by Crippen LogP contribution is 2.16. The van der Waals surface area contributed by atoms with Crippen molar-refractivity contribution in [2.24, 2.45) is 0 Å². The van der Waals surface area contributed by atoms with Gasteiger partial charge >= 0.3 is 5.97 Å². The number of hydrogen-bond acceptors (Lipinski definition) is 2. The van der Waals surface area contributed by atoms with Gasteiger partial charge in [-0.3, -0.25) is 9.59 Å². The number of aliphatic carboxylic acids is 1. The van der Waals surface area contributed by atoms with E-state index in [1.807, 2.05) is 19.1 Å². The van der Waals surface area contributed by atoms with Crippen LogP contribution in [0.1, 0.15) is 22.3 Å². The molecule has 0 aliphatic rings. The van der Waals surface area contributed by atoms with E-state index >= 15 is 0 Å². The molecule has 5 heteroatoms. The minimum atomic E-state index is -0.917. The fourth-order valence-electron chi connectivity index (χ4n) is 1.20. The predicted octanol–water partition coefficient (Wildman–Crippen LogP) is 1.80. The summed E-state index contributed by atoms with van der Waals surface area (Å²) in [6.45, 7) is 2.08. The Hall–Kier alpha value is -1.11. The van der Waals surface area contributed by atoms with E-state index in [2.05, 4.69) is 27.9 Å². The van der Waals surface area contributed by atoms with Crippen molar-refractivity contribution < 1.29 is 14.7 Å². The molecule has 0 saturated carbocycles. The third-order valence-electron chi connectivity index (χ3n) is 2.06. The van der Waals surface area contributed by atoms with Crippen molar-refractivity contribution in [2.45, 2.75) is 13.3 Å². The lowest BCUT2D eigenvalue weighted by atomic mass is 10.1. The molecule has 16 heavy (non-hydrogen) atoms. The zero-order valence-corrected chi connectivity index (χ0v) is 10.9. The van der Waals surface area contributed by atoms with Crippen LogP contribution in [-0.2, 0) is 4.79 Å². The van der Waals surface area contributed by atoms with Gasteiger partial charge in [0, 0.05) is 10.1 Å². The molecule has 0 fully saturated rings. The average molecular weight is 333 g/mol. The molecular formula is C11H12INO3. The second kappa shape index (κ2) is 5.83. The molecular weight excluding hydrogens is 321 g/mol. The highest BCUT2D eigenvalue weighted by molar-refractivity contribution is 14.1. The number of rotatable bonds is 4. The summed E-state index contributed by atoms with van der Waals surface area (Å²) in [5, 5.41) is 11.0. The fourth-order valence-corrected chi connectivity index (χ4v) is 1.81. The van der Waals surface area contributed by atoms with Crippen LogP contribution in [0.2, 0.25) is 0 Å². The van der Waals surface area contributed by atoms with Crippen LogP contribution in [0.25, 0.3) is 0 Å². The highest BCUT2D eigenvalue weighted by Gasteiger charge is 2.10. The Morgan fingerprint density at radius 3 is 2.75 bits per heavy atom. The Kier molecular flexibility index (Phi) is 4.72. The minimum absolute atomic E-state index is 0.0614. The van der Waals surface area contributed by atoms with E-state index in [1.54, 1.807) is 6.07 Å². The van der Waals surface area contributed by atoms with Gasteiger partial charge < -0.3 is 10.4 Å². The van der Waals surface area contributed by atoms with Crippen LogP contribution in [0.15, 0.2) is 18.2 Å². The van der Waals surface area contributed by atoms with E-state index in [1.165, 1.54) is 0 Å². The van der Waals surface area contributed by atoms with Gasteiger partial charge in [0.25, 0.3) is 5.91 Å². The fraction of sp³-hybridized carbons (Fsp3) is 0.273. The van der Waals surface area contributed by atoms with Gasteiger partial charge in [0.05, 0.1) is 12.0 Å². The first-order chi connectivity index (χ1) is 7.52. The molecule has 0 spiro atoms. The lowest BCUT2D eigenvalue weighted by Crippen LogP contribution is -2.26. The van der Waals surface area contributed by atoms with Crippen molar-refractivity contribution in [1.82, 2.24) is 5.32 Å². The lowest BCUT2D eigenvalue weighted by Gasteiger charge is -2.07. The van der Waals surface area contributed by atoms with Gasteiger partial charge in [0.2, 0.25) is 0 Å². The van der Waals surface area contributed by atoms with E-state index < -0.39 is 5.97 Å². The zero-order valence-electron chi connectivity index (χ0n) is 8.79. The van der Waals surface area contributed by atoms with E-state index in [0.717, 1.165) is 9.13 Å². The van der Waals surface area contributed by atoms with Crippen molar-refractivity contribution in [3.05, 3.63) is 32.9 Å². The van der Waals surface area contributed by atoms with Gasteiger partial charge in [0.1, 0.15) is 0 Å². The van der Waals surface area contributed by atoms with Crippen molar-refractivity contribution in [3.8, 4) is 0 Å². The van der Waals surface area contributed by atoms with Crippen molar-refractivity contribution in [2.75, 3.05) is 6.54 Å². The van der Waals surface area contributed by atoms with Gasteiger partial charge in [-0.15, -0.1) is 0 Å². The molecule has 1 amide bonds. The molecule has 0 bridgehead atoms. The third-order valence-corrected chi connectivity index (χ3v) is 3.49. The van der Waals surface area contributed by atoms with E-state index in [9.17, 15) is 9.59 Å². The zero-order chi connectivity index (χ0) is 12.1. The summed E-state index contributed by atoms with van der Waals surface area (Å²) >= 11 is 2.11. The summed E-state index contributed by atoms with van der Waals surface area (Å²) in [6.07, 6.45) is -0.0614. The first-order valence-electron chi connectivity index (χ1n) is 4.77. The number of benzene rings is 1. The molecule has 2 N–H and O–H groups in total. The lowest BCUT2D eigenvalue weighted by molar-refractivity contribution is -0.136. The SMILES string of the molecule is Cc1cccc(C(=O)NCCC(=O)O)c1I. The first-order valence-corrected chi connectivity index (χ1v) is 5.85. The monoisotopic (exact) mass is 333 g/mol. The van der Waals surface area contributed by atoms with Crippen molar-refractivity contribution in [1.29, 1.82) is 0 Å². The molecule has 0 heterocycles. The number of carboxylic acid groups (broad SMARTS) is 1. The topological polar surface area (TPSA) is 66.4 Å². The third kappa shape index (κ3) is 3.48. The van der Waals surface area contributed by atoms with Crippen LogP contribution in [0.5, 0.6) is 0 Å². The maximum atomic E-state index is 11.7. The molecule has 0 aliphatic heterocycles. The Bertz CT molecular complexity index is 418. The minimum Gasteiger partial charge on any atom is -0.481 e. The van der Waals surface area contributed by atoms with Gasteiger partial charge in [-0.1, -0.05) is 12.1 Å². The van der Waals surface area contributed by atoms with Gasteiger partial charge in [0.15, 0.2) is 0 Å². The van der Waals surface area contributed by atoms with Crippen LogP contribution < -0.4 is 5.32 Å². The van der Waals surface area contributed by atoms with Crippen LogP contribution in [-0.4, -0.2) is 23.5 Å². The number of halogens is 1. The van der Waals surface area contributed by atoms with E-state index in [-0.39, 0.29) is 18.9 Å². The Balaban J connectivity index is 2.66. The molecule has 1 aromatic carbocycles. The number of carbonyl (C=O) groups is 2. The molecule has 1 aromatic rings. The maximum absolute atomic E-state index is 11.7. The Morgan fingerprint density at radius 2 is 2.12 bits per heavy atom. The summed E-state index contributed by atoms with van der Waals surface area (Å²) in [5.74, 6) is -1.14. The van der Waals surface area contributed by atoms with Crippen LogP contribution in [0.3, 0.4) is 0 Å². The molecule has 0 aliphatic carbocycles. The Labute approximate surface area is 107 Å². The van der Waals surface area contributed by atoms with Gasteiger partial charge in [-0.05, 0) is 41.1 Å². The summed E-state index contributed by atoms with van der Waals surface area (Å²) in [6, 6.07) is 5.46.